The Hall–Kier alpha value is -1.32. The molecule has 0 aliphatic rings. The van der Waals surface area contributed by atoms with Gasteiger partial charge in [0.1, 0.15) is 5.51 Å². The molecule has 19 heavy (non-hydrogen) atoms. The number of thioether (sulfide) groups is 1. The molecule has 102 valence electrons. The third-order valence-corrected chi connectivity index (χ3v) is 5.36. The van der Waals surface area contributed by atoms with Crippen LogP contribution in [0.1, 0.15) is 0 Å². The fourth-order valence-corrected chi connectivity index (χ4v) is 4.28. The molecule has 0 fully saturated rings. The molecule has 1 aromatic carbocycles. The molecule has 0 saturated carbocycles. The summed E-state index contributed by atoms with van der Waals surface area (Å²) in [6, 6.07) is 7.31. The molecule has 3 N–H and O–H groups in total. The Bertz CT molecular complexity index is 611. The molecule has 1 heterocycles. The average Bonchev–Trinajstić information content (AvgIpc) is 2.83. The van der Waals surface area contributed by atoms with Gasteiger partial charge in [0, 0.05) is 16.3 Å². The lowest BCUT2D eigenvalue weighted by Gasteiger charge is -2.04. The SMILES string of the molecule is Nc1ccc(SCCS(=O)(=O)Nc2nncs2)cc1. The van der Waals surface area contributed by atoms with Gasteiger partial charge in [-0.1, -0.05) is 11.3 Å². The van der Waals surface area contributed by atoms with Gasteiger partial charge in [0.05, 0.1) is 5.75 Å². The van der Waals surface area contributed by atoms with Gasteiger partial charge in [-0.2, -0.15) is 0 Å². The lowest BCUT2D eigenvalue weighted by molar-refractivity contribution is 0.602. The van der Waals surface area contributed by atoms with E-state index in [-0.39, 0.29) is 10.9 Å². The van der Waals surface area contributed by atoms with E-state index >= 15 is 0 Å². The number of rotatable bonds is 6. The number of sulfonamides is 1. The molecule has 2 aromatic rings. The molecule has 0 saturated heterocycles. The van der Waals surface area contributed by atoms with E-state index in [1.54, 1.807) is 12.1 Å². The first-order valence-corrected chi connectivity index (χ1v) is 8.82. The smallest absolute Gasteiger partial charge is 0.235 e. The average molecular weight is 316 g/mol. The molecule has 2 rings (SSSR count). The van der Waals surface area contributed by atoms with Crippen LogP contribution in [0.25, 0.3) is 0 Å². The van der Waals surface area contributed by atoms with E-state index in [0.717, 1.165) is 16.2 Å². The van der Waals surface area contributed by atoms with Gasteiger partial charge in [0.2, 0.25) is 15.2 Å². The van der Waals surface area contributed by atoms with Crippen LogP contribution in [0.15, 0.2) is 34.7 Å². The first-order valence-electron chi connectivity index (χ1n) is 5.30. The maximum absolute atomic E-state index is 11.7. The zero-order chi connectivity index (χ0) is 13.7. The predicted molar refractivity (Wildman–Crippen MR) is 78.9 cm³/mol. The zero-order valence-corrected chi connectivity index (χ0v) is 12.3. The van der Waals surface area contributed by atoms with Crippen LogP contribution < -0.4 is 10.5 Å². The molecule has 0 aliphatic heterocycles. The molecule has 6 nitrogen and oxygen atoms in total. The maximum atomic E-state index is 11.7. The minimum absolute atomic E-state index is 0.0155. The van der Waals surface area contributed by atoms with Gasteiger partial charge in [0.25, 0.3) is 0 Å². The van der Waals surface area contributed by atoms with Crippen LogP contribution in [0.2, 0.25) is 0 Å². The van der Waals surface area contributed by atoms with Crippen LogP contribution >= 0.6 is 23.1 Å². The number of hydrogen-bond acceptors (Lipinski definition) is 7. The number of nitrogens with two attached hydrogens (primary N) is 1. The normalized spacial score (nSPS) is 11.4. The van der Waals surface area contributed by atoms with Crippen LogP contribution in [0.5, 0.6) is 0 Å². The van der Waals surface area contributed by atoms with E-state index in [4.69, 9.17) is 5.73 Å². The summed E-state index contributed by atoms with van der Waals surface area (Å²) in [4.78, 5) is 0.986. The summed E-state index contributed by atoms with van der Waals surface area (Å²) >= 11 is 2.61. The summed E-state index contributed by atoms with van der Waals surface area (Å²) in [5.41, 5.74) is 7.74. The number of nitrogen functional groups attached to an aromatic ring is 1. The first-order chi connectivity index (χ1) is 9.05. The van der Waals surface area contributed by atoms with Gasteiger partial charge in [-0.15, -0.1) is 22.0 Å². The van der Waals surface area contributed by atoms with Gasteiger partial charge in [-0.05, 0) is 24.3 Å². The van der Waals surface area contributed by atoms with Gasteiger partial charge < -0.3 is 5.73 Å². The predicted octanol–water partition coefficient (Wildman–Crippen LogP) is 1.65. The summed E-state index contributed by atoms with van der Waals surface area (Å²) in [5.74, 6) is 0.472. The van der Waals surface area contributed by atoms with E-state index in [0.29, 0.717) is 11.4 Å². The fraction of sp³-hybridized carbons (Fsp3) is 0.200. The standard InChI is InChI=1S/C10H12N4O2S3/c11-8-1-3-9(4-2-8)17-5-6-19(15,16)14-10-13-12-7-18-10/h1-4,7H,5-6,11H2,(H,13,14). The molecule has 0 unspecified atom stereocenters. The molecule has 1 aromatic heterocycles. The summed E-state index contributed by atoms with van der Waals surface area (Å²) in [7, 11) is -3.37. The molecular formula is C10H12N4O2S3. The number of nitrogens with zero attached hydrogens (tertiary/aromatic N) is 2. The van der Waals surface area contributed by atoms with Crippen LogP contribution in [0, 0.1) is 0 Å². The second-order valence-corrected chi connectivity index (χ2v) is 7.43. The summed E-state index contributed by atoms with van der Waals surface area (Å²) in [5, 5.41) is 7.49. The van der Waals surface area contributed by atoms with Crippen LogP contribution in [0.4, 0.5) is 10.8 Å². The van der Waals surface area contributed by atoms with Gasteiger partial charge >= 0.3 is 0 Å². The molecule has 9 heteroatoms. The Morgan fingerprint density at radius 3 is 2.68 bits per heavy atom. The summed E-state index contributed by atoms with van der Waals surface area (Å²) in [6.45, 7) is 0. The first kappa shape index (κ1) is 14.1. The highest BCUT2D eigenvalue weighted by Crippen LogP contribution is 2.20. The van der Waals surface area contributed by atoms with Gasteiger partial charge in [-0.25, -0.2) is 8.42 Å². The molecule has 0 aliphatic carbocycles. The van der Waals surface area contributed by atoms with Crippen molar-refractivity contribution in [2.45, 2.75) is 4.90 Å². The molecule has 0 amide bonds. The Labute approximate surface area is 119 Å². The number of anilines is 2. The van der Waals surface area contributed by atoms with Crippen LogP contribution in [-0.2, 0) is 10.0 Å². The Morgan fingerprint density at radius 2 is 2.05 bits per heavy atom. The maximum Gasteiger partial charge on any atom is 0.235 e. The van der Waals surface area contributed by atoms with Crippen molar-refractivity contribution in [1.29, 1.82) is 0 Å². The topological polar surface area (TPSA) is 98.0 Å². The minimum atomic E-state index is -3.37. The number of hydrogen-bond donors (Lipinski definition) is 2. The van der Waals surface area contributed by atoms with E-state index in [1.165, 1.54) is 17.3 Å². The highest BCUT2D eigenvalue weighted by Gasteiger charge is 2.12. The molecular weight excluding hydrogens is 304 g/mol. The fourth-order valence-electron chi connectivity index (χ4n) is 1.23. The zero-order valence-electron chi connectivity index (χ0n) is 9.81. The van der Waals surface area contributed by atoms with Crippen LogP contribution in [-0.4, -0.2) is 30.1 Å². The van der Waals surface area contributed by atoms with E-state index < -0.39 is 10.0 Å². The minimum Gasteiger partial charge on any atom is -0.399 e. The third-order valence-electron chi connectivity index (χ3n) is 2.10. The lowest BCUT2D eigenvalue weighted by Crippen LogP contribution is -2.18. The summed E-state index contributed by atoms with van der Waals surface area (Å²) < 4.78 is 25.9. The Balaban J connectivity index is 1.83. The second-order valence-electron chi connectivity index (χ2n) is 3.58. The van der Waals surface area contributed by atoms with Crippen molar-refractivity contribution >= 4 is 43.9 Å². The van der Waals surface area contributed by atoms with Crippen molar-refractivity contribution in [3.63, 3.8) is 0 Å². The van der Waals surface area contributed by atoms with Crippen LogP contribution in [0.3, 0.4) is 0 Å². The monoisotopic (exact) mass is 316 g/mol. The van der Waals surface area contributed by atoms with E-state index in [2.05, 4.69) is 14.9 Å². The molecule has 0 atom stereocenters. The third kappa shape index (κ3) is 4.69. The van der Waals surface area contributed by atoms with Crippen molar-refractivity contribution in [2.24, 2.45) is 0 Å². The second kappa shape index (κ2) is 6.22. The van der Waals surface area contributed by atoms with Gasteiger partial charge in [0.15, 0.2) is 0 Å². The van der Waals surface area contributed by atoms with Crippen molar-refractivity contribution in [3.8, 4) is 0 Å². The molecule has 0 bridgehead atoms. The van der Waals surface area contributed by atoms with Crippen molar-refractivity contribution in [1.82, 2.24) is 10.2 Å². The number of aromatic nitrogens is 2. The highest BCUT2D eigenvalue weighted by molar-refractivity contribution is 8.01. The lowest BCUT2D eigenvalue weighted by atomic mass is 10.3. The van der Waals surface area contributed by atoms with E-state index in [9.17, 15) is 8.42 Å². The molecule has 0 spiro atoms. The number of nitrogens with one attached hydrogen (secondary N) is 1. The van der Waals surface area contributed by atoms with Gasteiger partial charge in [-0.3, -0.25) is 4.72 Å². The summed E-state index contributed by atoms with van der Waals surface area (Å²) in [6.07, 6.45) is 0. The Morgan fingerprint density at radius 1 is 1.32 bits per heavy atom. The van der Waals surface area contributed by atoms with Crippen molar-refractivity contribution in [3.05, 3.63) is 29.8 Å². The quantitative estimate of drug-likeness (QED) is 0.621. The molecule has 0 radical (unpaired) electrons. The highest BCUT2D eigenvalue weighted by atomic mass is 32.2. The van der Waals surface area contributed by atoms with E-state index in [1.807, 2.05) is 12.1 Å². The van der Waals surface area contributed by atoms with Crippen molar-refractivity contribution in [2.75, 3.05) is 22.0 Å². The largest absolute Gasteiger partial charge is 0.399 e. The number of benzene rings is 1. The van der Waals surface area contributed by atoms with Crippen molar-refractivity contribution < 1.29 is 8.42 Å². The Kier molecular flexibility index (Phi) is 4.61.